The molecule has 3 unspecified atom stereocenters. The number of unbranched alkanes of at least 4 members (excludes halogenated alkanes) is 39. The highest BCUT2D eigenvalue weighted by Gasteiger charge is 2.27. The number of amides is 1. The molecule has 8 nitrogen and oxygen atoms in total. The molecule has 1 amide bonds. The first kappa shape index (κ1) is 63.2. The van der Waals surface area contributed by atoms with Gasteiger partial charge in [-0.05, 0) is 19.3 Å². The summed E-state index contributed by atoms with van der Waals surface area (Å²) in [5.74, 6) is -0.170. The van der Waals surface area contributed by atoms with Gasteiger partial charge < -0.3 is 19.8 Å². The number of phosphoric ester groups is 1. The number of carbonyl (C=O) groups excluding carboxylic acids is 1. The fourth-order valence-corrected chi connectivity index (χ4v) is 9.31. The van der Waals surface area contributed by atoms with E-state index < -0.39 is 20.0 Å². The van der Waals surface area contributed by atoms with E-state index in [0.717, 1.165) is 32.1 Å². The molecule has 0 aromatic carbocycles. The van der Waals surface area contributed by atoms with Crippen LogP contribution >= 0.6 is 7.82 Å². The fraction of sp³-hybridized carbons (Fsp3) is 0.945. The number of hydrogen-bond donors (Lipinski definition) is 3. The van der Waals surface area contributed by atoms with E-state index in [-0.39, 0.29) is 19.1 Å². The largest absolute Gasteiger partial charge is 0.472 e. The zero-order valence-corrected chi connectivity index (χ0v) is 44.4. The molecule has 0 heterocycles. The van der Waals surface area contributed by atoms with Gasteiger partial charge in [-0.1, -0.05) is 270 Å². The highest BCUT2D eigenvalue weighted by atomic mass is 31.2. The van der Waals surface area contributed by atoms with E-state index in [1.165, 1.54) is 231 Å². The summed E-state index contributed by atoms with van der Waals surface area (Å²) < 4.78 is 23.7. The van der Waals surface area contributed by atoms with Crippen LogP contribution in [0.5, 0.6) is 0 Å². The van der Waals surface area contributed by atoms with E-state index in [2.05, 4.69) is 19.2 Å². The lowest BCUT2D eigenvalue weighted by Crippen LogP contribution is -2.45. The van der Waals surface area contributed by atoms with Gasteiger partial charge in [0.15, 0.2) is 0 Å². The molecule has 0 spiro atoms. The molecule has 0 radical (unpaired) electrons. The number of nitrogens with zero attached hydrogens (tertiary/aromatic N) is 1. The first-order valence-corrected chi connectivity index (χ1v) is 29.6. The average molecular weight is 928 g/mol. The minimum absolute atomic E-state index is 0.0650. The third-order valence-corrected chi connectivity index (χ3v) is 14.0. The highest BCUT2D eigenvalue weighted by molar-refractivity contribution is 7.47. The van der Waals surface area contributed by atoms with Crippen LogP contribution in [0.15, 0.2) is 12.2 Å². The number of quaternary nitrogens is 1. The molecule has 64 heavy (non-hydrogen) atoms. The minimum Gasteiger partial charge on any atom is -0.387 e. The number of aliphatic hydroxyl groups excluding tert-OH is 1. The third-order valence-electron chi connectivity index (χ3n) is 13.0. The maximum absolute atomic E-state index is 13.0. The zero-order valence-electron chi connectivity index (χ0n) is 43.6. The molecule has 3 atom stereocenters. The van der Waals surface area contributed by atoms with Crippen LogP contribution in [0.2, 0.25) is 0 Å². The van der Waals surface area contributed by atoms with E-state index in [9.17, 15) is 19.4 Å². The number of hydrogen-bond acceptors (Lipinski definition) is 5. The summed E-state index contributed by atoms with van der Waals surface area (Å²) >= 11 is 0. The first-order chi connectivity index (χ1) is 31.0. The maximum Gasteiger partial charge on any atom is 0.472 e. The Morgan fingerprint density at radius 2 is 0.828 bits per heavy atom. The normalized spacial score (nSPS) is 14.0. The van der Waals surface area contributed by atoms with Gasteiger partial charge in [-0.2, -0.15) is 0 Å². The van der Waals surface area contributed by atoms with Crippen molar-refractivity contribution >= 4 is 13.7 Å². The highest BCUT2D eigenvalue weighted by Crippen LogP contribution is 2.43. The van der Waals surface area contributed by atoms with E-state index in [1.807, 2.05) is 27.2 Å². The number of rotatable bonds is 52. The quantitative estimate of drug-likeness (QED) is 0.0243. The van der Waals surface area contributed by atoms with Gasteiger partial charge in [0.1, 0.15) is 13.2 Å². The van der Waals surface area contributed by atoms with Gasteiger partial charge in [0.05, 0.1) is 39.9 Å². The summed E-state index contributed by atoms with van der Waals surface area (Å²) in [5, 5.41) is 13.9. The Bertz CT molecular complexity index is 1050. The van der Waals surface area contributed by atoms with Crippen LogP contribution in [0.4, 0.5) is 0 Å². The Morgan fingerprint density at radius 1 is 0.516 bits per heavy atom. The summed E-state index contributed by atoms with van der Waals surface area (Å²) in [6.45, 7) is 4.86. The lowest BCUT2D eigenvalue weighted by atomic mass is 10.0. The number of allylic oxidation sites excluding steroid dienone is 1. The van der Waals surface area contributed by atoms with Crippen molar-refractivity contribution in [2.75, 3.05) is 40.9 Å². The van der Waals surface area contributed by atoms with Crippen LogP contribution in [0.3, 0.4) is 0 Å². The Labute approximate surface area is 399 Å². The van der Waals surface area contributed by atoms with E-state index in [0.29, 0.717) is 17.4 Å². The first-order valence-electron chi connectivity index (χ1n) is 28.1. The molecule has 0 aliphatic rings. The lowest BCUT2D eigenvalue weighted by molar-refractivity contribution is -0.870. The van der Waals surface area contributed by atoms with Crippen LogP contribution in [0.1, 0.15) is 284 Å². The van der Waals surface area contributed by atoms with Crippen LogP contribution in [-0.2, 0) is 18.4 Å². The third kappa shape index (κ3) is 49.2. The Kier molecular flexibility index (Phi) is 46.8. The van der Waals surface area contributed by atoms with E-state index >= 15 is 0 Å². The molecule has 382 valence electrons. The summed E-state index contributed by atoms with van der Waals surface area (Å²) in [6.07, 6.45) is 57.3. The summed E-state index contributed by atoms with van der Waals surface area (Å²) in [4.78, 5) is 23.3. The van der Waals surface area contributed by atoms with Gasteiger partial charge in [-0.3, -0.25) is 13.8 Å². The van der Waals surface area contributed by atoms with Gasteiger partial charge in [0.25, 0.3) is 0 Å². The second kappa shape index (κ2) is 47.3. The van der Waals surface area contributed by atoms with Crippen molar-refractivity contribution in [2.45, 2.75) is 296 Å². The number of aliphatic hydroxyl groups is 1. The molecule has 0 aliphatic heterocycles. The molecular formula is C55H112N2O6P+. The molecular weight excluding hydrogens is 816 g/mol. The Morgan fingerprint density at radius 3 is 1.16 bits per heavy atom. The minimum atomic E-state index is -4.34. The standard InChI is InChI=1S/C55H111N2O6P/c1-6-8-10-12-14-16-18-20-22-24-25-26-27-28-29-30-31-32-33-35-37-39-41-43-45-47-49-55(59)56-53(52-63-64(60,61)62-51-50-57(3,4)5)54(58)48-46-44-42-40-38-36-34-23-21-19-17-15-13-11-9-7-2/h46,48,53-54,58H,6-45,47,49-52H2,1-5H3,(H-,56,59,60,61)/p+1/b48-46+. The molecule has 3 N–H and O–H groups in total. The maximum atomic E-state index is 13.0. The van der Waals surface area contributed by atoms with Crippen LogP contribution in [0.25, 0.3) is 0 Å². The van der Waals surface area contributed by atoms with Crippen LogP contribution in [0, 0.1) is 0 Å². The Hall–Kier alpha value is -0.760. The molecule has 0 saturated heterocycles. The van der Waals surface area contributed by atoms with Gasteiger partial charge >= 0.3 is 7.82 Å². The molecule has 0 aliphatic carbocycles. The van der Waals surface area contributed by atoms with Crippen molar-refractivity contribution in [3.8, 4) is 0 Å². The molecule has 0 aromatic heterocycles. The van der Waals surface area contributed by atoms with Gasteiger partial charge in [-0.25, -0.2) is 4.57 Å². The Balaban J connectivity index is 4.13. The number of likely N-dealkylation sites (N-methyl/N-ethyl adjacent to an activating group) is 1. The monoisotopic (exact) mass is 928 g/mol. The summed E-state index contributed by atoms with van der Waals surface area (Å²) in [6, 6.07) is -0.841. The zero-order chi connectivity index (χ0) is 47.1. The SMILES string of the molecule is CCCCCCCCCCCCCCCC/C=C/C(O)C(COP(=O)(O)OCC[N+](C)(C)C)NC(=O)CCCCCCCCCCCCCCCCCCCCCCCCCCCC. The van der Waals surface area contributed by atoms with Gasteiger partial charge in [0, 0.05) is 6.42 Å². The van der Waals surface area contributed by atoms with Gasteiger partial charge in [0.2, 0.25) is 5.91 Å². The predicted octanol–water partition coefficient (Wildman–Crippen LogP) is 16.7. The lowest BCUT2D eigenvalue weighted by Gasteiger charge is -2.25. The molecule has 0 bridgehead atoms. The van der Waals surface area contributed by atoms with E-state index in [1.54, 1.807) is 6.08 Å². The number of phosphoric acid groups is 1. The molecule has 0 saturated carbocycles. The second-order valence-corrected chi connectivity index (χ2v) is 22.1. The van der Waals surface area contributed by atoms with Crippen LogP contribution < -0.4 is 5.32 Å². The number of carbonyl (C=O) groups is 1. The smallest absolute Gasteiger partial charge is 0.387 e. The van der Waals surface area contributed by atoms with Crippen molar-refractivity contribution in [1.82, 2.24) is 5.32 Å². The van der Waals surface area contributed by atoms with Crippen molar-refractivity contribution in [2.24, 2.45) is 0 Å². The van der Waals surface area contributed by atoms with Crippen molar-refractivity contribution in [3.63, 3.8) is 0 Å². The van der Waals surface area contributed by atoms with E-state index in [4.69, 9.17) is 9.05 Å². The molecule has 0 fully saturated rings. The summed E-state index contributed by atoms with van der Waals surface area (Å²) in [5.41, 5.74) is 0. The second-order valence-electron chi connectivity index (χ2n) is 20.7. The summed E-state index contributed by atoms with van der Waals surface area (Å²) in [7, 11) is 1.59. The van der Waals surface area contributed by atoms with Crippen molar-refractivity contribution < 1.29 is 32.9 Å². The molecule has 0 aromatic rings. The topological polar surface area (TPSA) is 105 Å². The average Bonchev–Trinajstić information content (AvgIpc) is 3.25. The van der Waals surface area contributed by atoms with Crippen molar-refractivity contribution in [1.29, 1.82) is 0 Å². The molecule has 0 rings (SSSR count). The predicted molar refractivity (Wildman–Crippen MR) is 277 cm³/mol. The number of nitrogens with one attached hydrogen (secondary N) is 1. The van der Waals surface area contributed by atoms with Gasteiger partial charge in [-0.15, -0.1) is 0 Å². The van der Waals surface area contributed by atoms with Crippen LogP contribution in [-0.4, -0.2) is 73.4 Å². The molecule has 9 heteroatoms. The van der Waals surface area contributed by atoms with Crippen molar-refractivity contribution in [3.05, 3.63) is 12.2 Å². The fourth-order valence-electron chi connectivity index (χ4n) is 8.57.